The predicted octanol–water partition coefficient (Wildman–Crippen LogP) is 4.33. The van der Waals surface area contributed by atoms with Crippen molar-refractivity contribution in [3.63, 3.8) is 0 Å². The van der Waals surface area contributed by atoms with Gasteiger partial charge in [0.15, 0.2) is 17.6 Å². The van der Waals surface area contributed by atoms with Gasteiger partial charge in [0.25, 0.3) is 0 Å². The van der Waals surface area contributed by atoms with Crippen LogP contribution in [0.4, 0.5) is 4.39 Å². The molecule has 174 valence electrons. The molecule has 1 atom stereocenters. The minimum Gasteiger partial charge on any atom is -0.487 e. The second kappa shape index (κ2) is 11.8. The van der Waals surface area contributed by atoms with Gasteiger partial charge in [-0.25, -0.2) is 9.18 Å². The number of benzene rings is 2. The van der Waals surface area contributed by atoms with E-state index < -0.39 is 12.1 Å². The summed E-state index contributed by atoms with van der Waals surface area (Å²) in [6.45, 7) is 4.30. The molecule has 3 aromatic rings. The number of aliphatic carboxylic acids is 1. The van der Waals surface area contributed by atoms with Crippen LogP contribution in [-0.4, -0.2) is 47.9 Å². The molecular weight excluding hydrogens is 431 g/mol. The van der Waals surface area contributed by atoms with Crippen molar-refractivity contribution < 1.29 is 33.1 Å². The lowest BCUT2D eigenvalue weighted by molar-refractivity contribution is -0.149. The largest absolute Gasteiger partial charge is 0.487 e. The second-order valence-corrected chi connectivity index (χ2v) is 6.96. The Labute approximate surface area is 190 Å². The SMILES string of the molecule is CCON=C(COc1ccc(CC(OCC)C(=O)O)cc1)c1cc(-c2ccc(F)cc2)no1. The predicted molar refractivity (Wildman–Crippen MR) is 119 cm³/mol. The Bertz CT molecular complexity index is 1060. The van der Waals surface area contributed by atoms with Crippen LogP contribution in [0, 0.1) is 5.82 Å². The first-order chi connectivity index (χ1) is 16.0. The molecule has 0 saturated heterocycles. The number of nitrogens with zero attached hydrogens (tertiary/aromatic N) is 2. The average Bonchev–Trinajstić information content (AvgIpc) is 3.30. The molecule has 0 aliphatic carbocycles. The van der Waals surface area contributed by atoms with Gasteiger partial charge in [0.2, 0.25) is 0 Å². The molecule has 0 radical (unpaired) electrons. The first-order valence-electron chi connectivity index (χ1n) is 10.5. The second-order valence-electron chi connectivity index (χ2n) is 6.96. The molecule has 0 saturated carbocycles. The van der Waals surface area contributed by atoms with Gasteiger partial charge < -0.3 is 23.9 Å². The quantitative estimate of drug-likeness (QED) is 0.320. The molecule has 3 rings (SSSR count). The summed E-state index contributed by atoms with van der Waals surface area (Å²) in [7, 11) is 0. The van der Waals surface area contributed by atoms with E-state index in [4.69, 9.17) is 18.8 Å². The summed E-state index contributed by atoms with van der Waals surface area (Å²) in [6.07, 6.45) is -0.640. The first kappa shape index (κ1) is 23.9. The zero-order valence-electron chi connectivity index (χ0n) is 18.4. The smallest absolute Gasteiger partial charge is 0.333 e. The van der Waals surface area contributed by atoms with Crippen molar-refractivity contribution in [2.75, 3.05) is 19.8 Å². The van der Waals surface area contributed by atoms with Gasteiger partial charge in [0.1, 0.15) is 30.5 Å². The summed E-state index contributed by atoms with van der Waals surface area (Å²) < 4.78 is 29.6. The molecule has 33 heavy (non-hydrogen) atoms. The fourth-order valence-electron chi connectivity index (χ4n) is 2.96. The molecule has 1 aromatic heterocycles. The van der Waals surface area contributed by atoms with Gasteiger partial charge in [0, 0.05) is 24.7 Å². The van der Waals surface area contributed by atoms with Crippen LogP contribution in [0.2, 0.25) is 0 Å². The van der Waals surface area contributed by atoms with E-state index in [1.54, 1.807) is 56.3 Å². The van der Waals surface area contributed by atoms with Gasteiger partial charge in [-0.05, 0) is 55.8 Å². The summed E-state index contributed by atoms with van der Waals surface area (Å²) in [6, 6.07) is 14.6. The lowest BCUT2D eigenvalue weighted by atomic mass is 10.1. The van der Waals surface area contributed by atoms with E-state index in [2.05, 4.69) is 10.3 Å². The molecule has 0 fully saturated rings. The molecule has 0 amide bonds. The van der Waals surface area contributed by atoms with Gasteiger partial charge in [0.05, 0.1) is 0 Å². The molecule has 1 heterocycles. The van der Waals surface area contributed by atoms with Crippen LogP contribution in [0.15, 0.2) is 64.3 Å². The number of halogens is 1. The van der Waals surface area contributed by atoms with Crippen molar-refractivity contribution in [3.8, 4) is 17.0 Å². The normalized spacial score (nSPS) is 12.4. The molecule has 8 nitrogen and oxygen atoms in total. The third-order valence-corrected chi connectivity index (χ3v) is 4.60. The van der Waals surface area contributed by atoms with Crippen LogP contribution in [0.5, 0.6) is 5.75 Å². The third kappa shape index (κ3) is 6.88. The Morgan fingerprint density at radius 2 is 1.85 bits per heavy atom. The molecule has 9 heteroatoms. The van der Waals surface area contributed by atoms with Gasteiger partial charge >= 0.3 is 5.97 Å². The maximum atomic E-state index is 13.2. The minimum absolute atomic E-state index is 0.0497. The van der Waals surface area contributed by atoms with E-state index in [9.17, 15) is 14.3 Å². The molecule has 0 aliphatic rings. The van der Waals surface area contributed by atoms with E-state index in [0.717, 1.165) is 5.56 Å². The van der Waals surface area contributed by atoms with Gasteiger partial charge in [-0.1, -0.05) is 22.4 Å². The first-order valence-corrected chi connectivity index (χ1v) is 10.5. The highest BCUT2D eigenvalue weighted by molar-refractivity contribution is 5.99. The minimum atomic E-state index is -0.999. The average molecular weight is 456 g/mol. The highest BCUT2D eigenvalue weighted by atomic mass is 19.1. The number of aromatic nitrogens is 1. The third-order valence-electron chi connectivity index (χ3n) is 4.60. The van der Waals surface area contributed by atoms with Crippen LogP contribution in [0.3, 0.4) is 0 Å². The van der Waals surface area contributed by atoms with E-state index in [1.807, 2.05) is 0 Å². The van der Waals surface area contributed by atoms with E-state index in [1.165, 1.54) is 12.1 Å². The van der Waals surface area contributed by atoms with Crippen LogP contribution < -0.4 is 4.74 Å². The van der Waals surface area contributed by atoms with Crippen molar-refractivity contribution >= 4 is 11.7 Å². The van der Waals surface area contributed by atoms with Crippen LogP contribution in [0.1, 0.15) is 25.2 Å². The van der Waals surface area contributed by atoms with Crippen molar-refractivity contribution in [1.29, 1.82) is 0 Å². The van der Waals surface area contributed by atoms with Gasteiger partial charge in [-0.3, -0.25) is 0 Å². The number of hydrogen-bond acceptors (Lipinski definition) is 7. The Hall–Kier alpha value is -3.72. The fraction of sp³-hybridized carbons (Fsp3) is 0.292. The van der Waals surface area contributed by atoms with E-state index in [0.29, 0.717) is 41.7 Å². The Morgan fingerprint density at radius 3 is 2.48 bits per heavy atom. The van der Waals surface area contributed by atoms with Gasteiger partial charge in [-0.15, -0.1) is 0 Å². The summed E-state index contributed by atoms with van der Waals surface area (Å²) in [5.41, 5.74) is 2.43. The Morgan fingerprint density at radius 1 is 1.12 bits per heavy atom. The number of carboxylic acid groups (broad SMARTS) is 1. The summed E-state index contributed by atoms with van der Waals surface area (Å²) in [5.74, 6) is -0.414. The summed E-state index contributed by atoms with van der Waals surface area (Å²) >= 11 is 0. The van der Waals surface area contributed by atoms with Crippen molar-refractivity contribution in [2.24, 2.45) is 5.16 Å². The molecular formula is C24H25FN2O6. The highest BCUT2D eigenvalue weighted by Crippen LogP contribution is 2.21. The number of hydrogen-bond donors (Lipinski definition) is 1. The number of carbonyl (C=O) groups is 1. The van der Waals surface area contributed by atoms with Gasteiger partial charge in [-0.2, -0.15) is 0 Å². The van der Waals surface area contributed by atoms with Crippen LogP contribution in [0.25, 0.3) is 11.3 Å². The standard InChI is InChI=1S/C24H25FN2O6/c1-3-30-23(24(28)29)13-16-5-11-19(12-6-16)31-15-21(26-32-4-2)22-14-20(27-33-22)17-7-9-18(25)10-8-17/h5-12,14,23H,3-4,13,15H2,1-2H3,(H,28,29). The van der Waals surface area contributed by atoms with Crippen LogP contribution >= 0.6 is 0 Å². The van der Waals surface area contributed by atoms with Crippen molar-refractivity contribution in [3.05, 3.63) is 71.7 Å². The van der Waals surface area contributed by atoms with Crippen molar-refractivity contribution in [2.45, 2.75) is 26.4 Å². The molecule has 1 unspecified atom stereocenters. The summed E-state index contributed by atoms with van der Waals surface area (Å²) in [4.78, 5) is 16.4. The lowest BCUT2D eigenvalue weighted by Gasteiger charge is -2.13. The number of ether oxygens (including phenoxy) is 2. The molecule has 2 aromatic carbocycles. The Kier molecular flexibility index (Phi) is 8.54. The fourth-order valence-corrected chi connectivity index (χ4v) is 2.96. The maximum absolute atomic E-state index is 13.2. The maximum Gasteiger partial charge on any atom is 0.333 e. The number of rotatable bonds is 12. The number of carboxylic acids is 1. The lowest BCUT2D eigenvalue weighted by Crippen LogP contribution is -2.26. The van der Waals surface area contributed by atoms with E-state index in [-0.39, 0.29) is 18.8 Å². The zero-order chi connectivity index (χ0) is 23.6. The van der Waals surface area contributed by atoms with Crippen LogP contribution in [-0.2, 0) is 20.8 Å². The van der Waals surface area contributed by atoms with E-state index >= 15 is 0 Å². The summed E-state index contributed by atoms with van der Waals surface area (Å²) in [5, 5.41) is 17.3. The highest BCUT2D eigenvalue weighted by Gasteiger charge is 2.18. The topological polar surface area (TPSA) is 103 Å². The molecule has 0 bridgehead atoms. The molecule has 0 aliphatic heterocycles. The zero-order valence-corrected chi connectivity index (χ0v) is 18.4. The van der Waals surface area contributed by atoms with Crippen molar-refractivity contribution in [1.82, 2.24) is 5.16 Å². The monoisotopic (exact) mass is 456 g/mol. The number of oxime groups is 1. The Balaban J connectivity index is 1.67. The molecule has 0 spiro atoms. The molecule has 1 N–H and O–H groups in total.